The zero-order valence-electron chi connectivity index (χ0n) is 16.0. The van der Waals surface area contributed by atoms with Gasteiger partial charge in [-0.2, -0.15) is 0 Å². The smallest absolute Gasteiger partial charge is 0.249 e. The molecule has 1 aromatic heterocycles. The molecule has 3 aromatic rings. The van der Waals surface area contributed by atoms with Crippen molar-refractivity contribution in [3.05, 3.63) is 83.9 Å². The Bertz CT molecular complexity index is 1010. The minimum atomic E-state index is -0.360. The Balaban J connectivity index is 1.71. The summed E-state index contributed by atoms with van der Waals surface area (Å²) in [5.74, 6) is 0.267. The lowest BCUT2D eigenvalue weighted by Crippen LogP contribution is -2.44. The minimum Gasteiger partial charge on any atom is -0.497 e. The Morgan fingerprint density at radius 2 is 1.97 bits per heavy atom. The summed E-state index contributed by atoms with van der Waals surface area (Å²) in [6, 6.07) is 15.8. The van der Waals surface area contributed by atoms with Gasteiger partial charge in [-0.05, 0) is 35.4 Å². The van der Waals surface area contributed by atoms with E-state index >= 15 is 0 Å². The van der Waals surface area contributed by atoms with Crippen molar-refractivity contribution in [2.24, 2.45) is 0 Å². The van der Waals surface area contributed by atoms with Gasteiger partial charge in [0.05, 0.1) is 19.8 Å². The average molecular weight is 392 g/mol. The predicted octanol–water partition coefficient (Wildman–Crippen LogP) is 4.00. The van der Waals surface area contributed by atoms with E-state index in [2.05, 4.69) is 4.98 Å². The van der Waals surface area contributed by atoms with Crippen molar-refractivity contribution in [1.82, 2.24) is 9.88 Å². The Morgan fingerprint density at radius 1 is 1.17 bits per heavy atom. The number of amides is 1. The fourth-order valence-electron chi connectivity index (χ4n) is 3.58. The van der Waals surface area contributed by atoms with Crippen molar-refractivity contribution < 1.29 is 18.7 Å². The molecule has 0 aliphatic carbocycles. The molecular formula is C23H21FN2O3. The van der Waals surface area contributed by atoms with Crippen LogP contribution in [0, 0.1) is 5.82 Å². The van der Waals surface area contributed by atoms with Crippen molar-refractivity contribution in [3.8, 4) is 16.9 Å². The van der Waals surface area contributed by atoms with Crippen LogP contribution in [0.15, 0.2) is 67.0 Å². The highest BCUT2D eigenvalue weighted by atomic mass is 19.1. The lowest BCUT2D eigenvalue weighted by atomic mass is 9.95. The number of ether oxygens (including phenoxy) is 2. The lowest BCUT2D eigenvalue weighted by molar-refractivity contribution is -0.149. The third-order valence-electron chi connectivity index (χ3n) is 5.11. The molecule has 0 spiro atoms. The van der Waals surface area contributed by atoms with Crippen molar-refractivity contribution >= 4 is 5.91 Å². The quantitative estimate of drug-likeness (QED) is 0.659. The fourth-order valence-corrected chi connectivity index (χ4v) is 3.58. The van der Waals surface area contributed by atoms with Gasteiger partial charge in [0.15, 0.2) is 0 Å². The summed E-state index contributed by atoms with van der Waals surface area (Å²) in [5.41, 5.74) is 3.27. The van der Waals surface area contributed by atoms with Gasteiger partial charge in [0.25, 0.3) is 0 Å². The van der Waals surface area contributed by atoms with Gasteiger partial charge in [-0.1, -0.05) is 30.3 Å². The normalized spacial score (nSPS) is 16.7. The highest BCUT2D eigenvalue weighted by Gasteiger charge is 2.32. The molecular weight excluding hydrogens is 371 g/mol. The fraction of sp³-hybridized carbons (Fsp3) is 0.217. The Morgan fingerprint density at radius 3 is 2.72 bits per heavy atom. The maximum absolute atomic E-state index is 14.2. The van der Waals surface area contributed by atoms with Gasteiger partial charge in [0.1, 0.15) is 18.2 Å². The molecule has 6 heteroatoms. The van der Waals surface area contributed by atoms with E-state index in [1.807, 2.05) is 30.3 Å². The van der Waals surface area contributed by atoms with Gasteiger partial charge in [-0.3, -0.25) is 9.78 Å². The molecule has 4 rings (SSSR count). The van der Waals surface area contributed by atoms with Crippen LogP contribution < -0.4 is 4.74 Å². The number of aromatic nitrogens is 1. The molecule has 0 radical (unpaired) electrons. The maximum Gasteiger partial charge on any atom is 0.249 e. The largest absolute Gasteiger partial charge is 0.497 e. The summed E-state index contributed by atoms with van der Waals surface area (Å²) in [6.45, 7) is 0.495. The topological polar surface area (TPSA) is 51.7 Å². The SMILES string of the molecule is COc1ccc(-c2ccncc2C2COCC(=O)N2Cc2ccccc2F)cc1. The first-order chi connectivity index (χ1) is 14.2. The van der Waals surface area contributed by atoms with Crippen LogP contribution in [0.4, 0.5) is 4.39 Å². The number of nitrogens with zero attached hydrogens (tertiary/aromatic N) is 2. The number of pyridine rings is 1. The molecule has 1 saturated heterocycles. The van der Waals surface area contributed by atoms with Crippen LogP contribution in [0.5, 0.6) is 5.75 Å². The van der Waals surface area contributed by atoms with E-state index in [0.717, 1.165) is 22.4 Å². The summed E-state index contributed by atoms with van der Waals surface area (Å²) in [6.07, 6.45) is 3.47. The molecule has 2 aromatic carbocycles. The summed E-state index contributed by atoms with van der Waals surface area (Å²) >= 11 is 0. The molecule has 1 aliphatic heterocycles. The molecule has 0 N–H and O–H groups in total. The molecule has 148 valence electrons. The summed E-state index contributed by atoms with van der Waals surface area (Å²) in [5, 5.41) is 0. The Kier molecular flexibility index (Phi) is 5.53. The standard InChI is InChI=1S/C23H21FN2O3/c1-28-18-8-6-16(7-9-18)19-10-11-25-12-20(19)22-14-29-15-23(27)26(22)13-17-4-2-3-5-21(17)24/h2-12,22H,13-15H2,1H3. The van der Waals surface area contributed by atoms with Crippen LogP contribution in [0.3, 0.4) is 0 Å². The van der Waals surface area contributed by atoms with E-state index in [-0.39, 0.29) is 30.9 Å². The number of hydrogen-bond acceptors (Lipinski definition) is 4. The van der Waals surface area contributed by atoms with E-state index in [1.54, 1.807) is 42.6 Å². The number of hydrogen-bond donors (Lipinski definition) is 0. The summed E-state index contributed by atoms with van der Waals surface area (Å²) in [4.78, 5) is 18.6. The van der Waals surface area contributed by atoms with Gasteiger partial charge < -0.3 is 14.4 Å². The van der Waals surface area contributed by atoms with Crippen molar-refractivity contribution in [1.29, 1.82) is 0 Å². The van der Waals surface area contributed by atoms with Crippen LogP contribution in [0.1, 0.15) is 17.2 Å². The second kappa shape index (κ2) is 8.41. The van der Waals surface area contributed by atoms with Gasteiger partial charge in [-0.15, -0.1) is 0 Å². The number of methoxy groups -OCH3 is 1. The second-order valence-corrected chi connectivity index (χ2v) is 6.84. The lowest BCUT2D eigenvalue weighted by Gasteiger charge is -2.36. The molecule has 1 fully saturated rings. The molecule has 2 heterocycles. The molecule has 1 atom stereocenters. The van der Waals surface area contributed by atoms with Crippen LogP contribution >= 0.6 is 0 Å². The molecule has 0 bridgehead atoms. The van der Waals surface area contributed by atoms with E-state index in [4.69, 9.17) is 9.47 Å². The van der Waals surface area contributed by atoms with Crippen molar-refractivity contribution in [2.45, 2.75) is 12.6 Å². The number of carbonyl (C=O) groups excluding carboxylic acids is 1. The van der Waals surface area contributed by atoms with E-state index < -0.39 is 0 Å². The molecule has 5 nitrogen and oxygen atoms in total. The maximum atomic E-state index is 14.2. The molecule has 29 heavy (non-hydrogen) atoms. The van der Waals surface area contributed by atoms with Crippen LogP contribution in [-0.4, -0.2) is 36.1 Å². The van der Waals surface area contributed by atoms with Crippen LogP contribution in [-0.2, 0) is 16.1 Å². The molecule has 1 unspecified atom stereocenters. The van der Waals surface area contributed by atoms with Crippen molar-refractivity contribution in [3.63, 3.8) is 0 Å². The highest BCUT2D eigenvalue weighted by molar-refractivity contribution is 5.79. The van der Waals surface area contributed by atoms with E-state index in [0.29, 0.717) is 12.2 Å². The van der Waals surface area contributed by atoms with Crippen LogP contribution in [0.2, 0.25) is 0 Å². The first-order valence-corrected chi connectivity index (χ1v) is 9.36. The summed E-state index contributed by atoms with van der Waals surface area (Å²) in [7, 11) is 1.62. The zero-order valence-corrected chi connectivity index (χ0v) is 16.0. The monoisotopic (exact) mass is 392 g/mol. The van der Waals surface area contributed by atoms with Gasteiger partial charge in [0, 0.05) is 30.1 Å². The van der Waals surface area contributed by atoms with E-state index in [9.17, 15) is 9.18 Å². The Hall–Kier alpha value is -3.25. The van der Waals surface area contributed by atoms with Gasteiger partial charge in [0.2, 0.25) is 5.91 Å². The summed E-state index contributed by atoms with van der Waals surface area (Å²) < 4.78 is 25.0. The molecule has 0 saturated carbocycles. The highest BCUT2D eigenvalue weighted by Crippen LogP contribution is 2.34. The Labute approximate surface area is 168 Å². The van der Waals surface area contributed by atoms with Gasteiger partial charge >= 0.3 is 0 Å². The molecule has 1 aliphatic rings. The minimum absolute atomic E-state index is 0.0108. The van der Waals surface area contributed by atoms with Crippen molar-refractivity contribution in [2.75, 3.05) is 20.3 Å². The number of carbonyl (C=O) groups is 1. The van der Waals surface area contributed by atoms with Crippen LogP contribution in [0.25, 0.3) is 11.1 Å². The number of rotatable bonds is 5. The predicted molar refractivity (Wildman–Crippen MR) is 107 cm³/mol. The first-order valence-electron chi connectivity index (χ1n) is 9.36. The van der Waals surface area contributed by atoms with E-state index in [1.165, 1.54) is 6.07 Å². The third-order valence-corrected chi connectivity index (χ3v) is 5.11. The van der Waals surface area contributed by atoms with Gasteiger partial charge in [-0.25, -0.2) is 4.39 Å². The number of benzene rings is 2. The molecule has 1 amide bonds. The first kappa shape index (κ1) is 19.1. The third kappa shape index (κ3) is 3.98. The average Bonchev–Trinajstić information content (AvgIpc) is 2.77. The number of morpholine rings is 1. The second-order valence-electron chi connectivity index (χ2n) is 6.84. The zero-order chi connectivity index (χ0) is 20.2. The number of halogens is 1.